The quantitative estimate of drug-likeness (QED) is 0.750. The Bertz CT molecular complexity index is 171. The van der Waals surface area contributed by atoms with Crippen LogP contribution >= 0.6 is 32.3 Å². The second kappa shape index (κ2) is 4.68. The van der Waals surface area contributed by atoms with E-state index in [0.29, 0.717) is 0 Å². The van der Waals surface area contributed by atoms with Crippen LogP contribution in [0.25, 0.3) is 0 Å². The highest BCUT2D eigenvalue weighted by molar-refractivity contribution is 9.21. The molecule has 1 atom stereocenters. The lowest BCUT2D eigenvalue weighted by molar-refractivity contribution is -0.146. The van der Waals surface area contributed by atoms with Crippen molar-refractivity contribution in [1.82, 2.24) is 2.95 Å². The number of hydrogen-bond donors (Lipinski definition) is 2. The van der Waals surface area contributed by atoms with Crippen LogP contribution in [0.15, 0.2) is 0 Å². The molecule has 0 aromatic carbocycles. The highest BCUT2D eigenvalue weighted by Crippen LogP contribution is 2.15. The summed E-state index contributed by atoms with van der Waals surface area (Å²) in [4.78, 5) is 20.4. The minimum absolute atomic E-state index is 0.466. The molecular formula is C4H5Br2NO4. The number of aliphatic carboxylic acids is 2. The molecule has 5 nitrogen and oxygen atoms in total. The van der Waals surface area contributed by atoms with Crippen molar-refractivity contribution in [2.45, 2.75) is 12.5 Å². The van der Waals surface area contributed by atoms with E-state index in [-0.39, 0.29) is 0 Å². The number of nitrogens with zero attached hydrogens (tertiary/aromatic N) is 1. The van der Waals surface area contributed by atoms with Gasteiger partial charge in [-0.05, 0) is 0 Å². The molecule has 0 aliphatic carbocycles. The molecule has 0 amide bonds. The van der Waals surface area contributed by atoms with E-state index in [2.05, 4.69) is 32.3 Å². The smallest absolute Gasteiger partial charge is 0.323 e. The van der Waals surface area contributed by atoms with Crippen LogP contribution in [0.5, 0.6) is 0 Å². The van der Waals surface area contributed by atoms with Gasteiger partial charge in [-0.25, -0.2) is 0 Å². The molecular weight excluding hydrogens is 286 g/mol. The van der Waals surface area contributed by atoms with Gasteiger partial charge in [0.1, 0.15) is 6.04 Å². The summed E-state index contributed by atoms with van der Waals surface area (Å²) in [6.07, 6.45) is -0.466. The Morgan fingerprint density at radius 3 is 1.91 bits per heavy atom. The van der Waals surface area contributed by atoms with Gasteiger partial charge in [0.15, 0.2) is 0 Å². The maximum Gasteiger partial charge on any atom is 0.323 e. The summed E-state index contributed by atoms with van der Waals surface area (Å²) < 4.78 is 0.983. The monoisotopic (exact) mass is 289 g/mol. The minimum Gasteiger partial charge on any atom is -0.481 e. The molecule has 7 heteroatoms. The molecule has 0 aliphatic rings. The summed E-state index contributed by atoms with van der Waals surface area (Å²) >= 11 is 5.55. The molecule has 1 unspecified atom stereocenters. The fourth-order valence-electron chi connectivity index (χ4n) is 0.405. The van der Waals surface area contributed by atoms with Crippen molar-refractivity contribution in [1.29, 1.82) is 0 Å². The first-order chi connectivity index (χ1) is 4.95. The Hall–Kier alpha value is -0.140. The van der Waals surface area contributed by atoms with E-state index in [1.807, 2.05) is 0 Å². The van der Waals surface area contributed by atoms with Crippen LogP contribution in [0.4, 0.5) is 0 Å². The molecule has 0 aromatic rings. The zero-order chi connectivity index (χ0) is 9.02. The van der Waals surface area contributed by atoms with Gasteiger partial charge in [-0.2, -0.15) is 2.95 Å². The highest BCUT2D eigenvalue weighted by Gasteiger charge is 2.25. The predicted octanol–water partition coefficient (Wildman–Crippen LogP) is 0.836. The van der Waals surface area contributed by atoms with E-state index in [0.717, 1.165) is 2.95 Å². The summed E-state index contributed by atoms with van der Waals surface area (Å²) in [6.45, 7) is 0. The van der Waals surface area contributed by atoms with Crippen LogP contribution < -0.4 is 0 Å². The van der Waals surface area contributed by atoms with Gasteiger partial charge in [-0.3, -0.25) is 9.59 Å². The summed E-state index contributed by atoms with van der Waals surface area (Å²) in [5.74, 6) is -2.37. The Labute approximate surface area is 79.7 Å². The zero-order valence-electron chi connectivity index (χ0n) is 5.20. The van der Waals surface area contributed by atoms with Gasteiger partial charge in [0.25, 0.3) is 0 Å². The third-order valence-corrected chi connectivity index (χ3v) is 1.88. The molecule has 0 fully saturated rings. The first-order valence-corrected chi connectivity index (χ1v) is 3.92. The highest BCUT2D eigenvalue weighted by atomic mass is 79.9. The van der Waals surface area contributed by atoms with Crippen molar-refractivity contribution in [3.05, 3.63) is 0 Å². The summed E-state index contributed by atoms with van der Waals surface area (Å²) in [6, 6.07) is -1.10. The van der Waals surface area contributed by atoms with E-state index in [9.17, 15) is 9.59 Å². The Morgan fingerprint density at radius 2 is 1.82 bits per heavy atom. The lowest BCUT2D eigenvalue weighted by atomic mass is 10.2. The summed E-state index contributed by atoms with van der Waals surface area (Å²) in [7, 11) is 0. The van der Waals surface area contributed by atoms with E-state index in [4.69, 9.17) is 10.2 Å². The molecule has 0 aromatic heterocycles. The molecule has 11 heavy (non-hydrogen) atoms. The normalized spacial score (nSPS) is 13.0. The maximum absolute atomic E-state index is 10.3. The summed E-state index contributed by atoms with van der Waals surface area (Å²) in [5, 5.41) is 16.7. The molecule has 2 N–H and O–H groups in total. The summed E-state index contributed by atoms with van der Waals surface area (Å²) in [5.41, 5.74) is 0. The van der Waals surface area contributed by atoms with Crippen molar-refractivity contribution < 1.29 is 19.8 Å². The Balaban J connectivity index is 4.12. The molecule has 0 rings (SSSR count). The van der Waals surface area contributed by atoms with Gasteiger partial charge in [0, 0.05) is 32.3 Å². The van der Waals surface area contributed by atoms with Crippen LogP contribution in [0.3, 0.4) is 0 Å². The largest absolute Gasteiger partial charge is 0.481 e. The number of carboxylic acids is 2. The standard InChI is InChI=1S/C4H5Br2NO4/c5-7(6)2(4(10)11)1-3(8)9/h2H,1H2,(H,8,9)(H,10,11). The van der Waals surface area contributed by atoms with E-state index in [1.54, 1.807) is 0 Å². The fourth-order valence-corrected chi connectivity index (χ4v) is 1.05. The molecule has 0 saturated heterocycles. The van der Waals surface area contributed by atoms with Crippen molar-refractivity contribution in [3.63, 3.8) is 0 Å². The number of carbonyl (C=O) groups is 2. The number of hydrogen-bond acceptors (Lipinski definition) is 3. The molecule has 0 saturated carbocycles. The fraction of sp³-hybridized carbons (Fsp3) is 0.500. The van der Waals surface area contributed by atoms with E-state index >= 15 is 0 Å². The molecule has 0 aliphatic heterocycles. The van der Waals surface area contributed by atoms with Crippen LogP contribution in [0.2, 0.25) is 0 Å². The van der Waals surface area contributed by atoms with Gasteiger partial charge >= 0.3 is 11.9 Å². The van der Waals surface area contributed by atoms with Gasteiger partial charge < -0.3 is 10.2 Å². The first kappa shape index (κ1) is 10.9. The maximum atomic E-state index is 10.3. The second-order valence-corrected chi connectivity index (χ2v) is 4.19. The third kappa shape index (κ3) is 4.33. The van der Waals surface area contributed by atoms with Crippen LogP contribution in [0, 0.1) is 0 Å². The van der Waals surface area contributed by atoms with Gasteiger partial charge in [-0.15, -0.1) is 0 Å². The second-order valence-electron chi connectivity index (χ2n) is 1.71. The Kier molecular flexibility index (Phi) is 4.62. The zero-order valence-corrected chi connectivity index (χ0v) is 8.37. The third-order valence-electron chi connectivity index (χ3n) is 0.889. The molecule has 0 radical (unpaired) electrons. The lowest BCUT2D eigenvalue weighted by Gasteiger charge is -2.12. The van der Waals surface area contributed by atoms with Crippen LogP contribution in [-0.2, 0) is 9.59 Å². The topological polar surface area (TPSA) is 77.8 Å². The van der Waals surface area contributed by atoms with Crippen molar-refractivity contribution in [2.75, 3.05) is 0 Å². The molecule has 0 heterocycles. The minimum atomic E-state index is -1.21. The van der Waals surface area contributed by atoms with Gasteiger partial charge in [0.2, 0.25) is 0 Å². The van der Waals surface area contributed by atoms with Crippen molar-refractivity contribution >= 4 is 44.2 Å². The van der Waals surface area contributed by atoms with E-state index < -0.39 is 24.4 Å². The van der Waals surface area contributed by atoms with Crippen molar-refractivity contribution in [3.8, 4) is 0 Å². The van der Waals surface area contributed by atoms with Gasteiger partial charge in [-0.1, -0.05) is 0 Å². The predicted molar refractivity (Wildman–Crippen MR) is 43.4 cm³/mol. The van der Waals surface area contributed by atoms with Crippen molar-refractivity contribution in [2.24, 2.45) is 0 Å². The SMILES string of the molecule is O=C(O)CC(C(=O)O)N(Br)Br. The van der Waals surface area contributed by atoms with Gasteiger partial charge in [0.05, 0.1) is 6.42 Å². The molecule has 0 bridgehead atoms. The number of rotatable bonds is 4. The lowest BCUT2D eigenvalue weighted by Crippen LogP contribution is -2.31. The molecule has 0 spiro atoms. The first-order valence-electron chi connectivity index (χ1n) is 2.50. The number of carboxylic acid groups (broad SMARTS) is 2. The Morgan fingerprint density at radius 1 is 1.36 bits per heavy atom. The average Bonchev–Trinajstić information content (AvgIpc) is 1.81. The van der Waals surface area contributed by atoms with Crippen LogP contribution in [-0.4, -0.2) is 31.1 Å². The molecule has 64 valence electrons. The van der Waals surface area contributed by atoms with Crippen LogP contribution in [0.1, 0.15) is 6.42 Å². The number of halogens is 2. The van der Waals surface area contributed by atoms with E-state index in [1.165, 1.54) is 0 Å². The average molecular weight is 291 g/mol.